The summed E-state index contributed by atoms with van der Waals surface area (Å²) in [6.45, 7) is 7.94. The van der Waals surface area contributed by atoms with Gasteiger partial charge in [0.2, 0.25) is 0 Å². The van der Waals surface area contributed by atoms with Gasteiger partial charge in [-0.2, -0.15) is 0 Å². The summed E-state index contributed by atoms with van der Waals surface area (Å²) < 4.78 is 11.3. The second-order valence-electron chi connectivity index (χ2n) is 4.85. The Morgan fingerprint density at radius 2 is 2.06 bits per heavy atom. The van der Waals surface area contributed by atoms with E-state index in [-0.39, 0.29) is 0 Å². The second-order valence-corrected chi connectivity index (χ2v) is 4.85. The third-order valence-corrected chi connectivity index (χ3v) is 3.07. The van der Waals surface area contributed by atoms with Crippen LogP contribution in [0.2, 0.25) is 0 Å². The highest BCUT2D eigenvalue weighted by molar-refractivity contribution is 5.16. The van der Waals surface area contributed by atoms with Crippen molar-refractivity contribution in [3.8, 4) is 0 Å². The Bertz CT molecular complexity index is 341. The minimum atomic E-state index is 0.307. The molecule has 1 aromatic rings. The number of hydrogen-bond acceptors (Lipinski definition) is 4. The maximum absolute atomic E-state index is 5.73. The number of rotatable bonds is 4. The highest BCUT2D eigenvalue weighted by Crippen LogP contribution is 2.17. The van der Waals surface area contributed by atoms with Gasteiger partial charge in [0.15, 0.2) is 0 Å². The molecule has 4 nitrogen and oxygen atoms in total. The highest BCUT2D eigenvalue weighted by atomic mass is 16.5. The monoisotopic (exact) mass is 238 g/mol. The van der Waals surface area contributed by atoms with Crippen LogP contribution in [0.15, 0.2) is 16.7 Å². The minimum Gasteiger partial charge on any atom is -0.468 e. The molecule has 2 unspecified atom stereocenters. The summed E-state index contributed by atoms with van der Waals surface area (Å²) in [5.41, 5.74) is 1.25. The zero-order valence-electron chi connectivity index (χ0n) is 10.9. The quantitative estimate of drug-likeness (QED) is 0.864. The van der Waals surface area contributed by atoms with Gasteiger partial charge in [-0.1, -0.05) is 0 Å². The zero-order valence-corrected chi connectivity index (χ0v) is 10.9. The van der Waals surface area contributed by atoms with Gasteiger partial charge in [-0.25, -0.2) is 0 Å². The number of furan rings is 1. The Balaban J connectivity index is 1.97. The van der Waals surface area contributed by atoms with E-state index in [0.29, 0.717) is 12.2 Å². The van der Waals surface area contributed by atoms with Crippen LogP contribution in [0.5, 0.6) is 0 Å². The molecule has 1 aliphatic heterocycles. The fourth-order valence-corrected chi connectivity index (χ4v) is 2.47. The van der Waals surface area contributed by atoms with Gasteiger partial charge in [0, 0.05) is 25.2 Å². The lowest BCUT2D eigenvalue weighted by Gasteiger charge is -2.34. The summed E-state index contributed by atoms with van der Waals surface area (Å²) >= 11 is 0. The standard InChI is InChI=1S/C13H22N2O2/c1-10-7-15(8-11(2)17-10)9-13-12(6-14-3)4-5-16-13/h4-5,10-11,14H,6-9H2,1-3H3. The lowest BCUT2D eigenvalue weighted by molar-refractivity contribution is -0.0719. The van der Waals surface area contributed by atoms with E-state index in [1.165, 1.54) is 5.56 Å². The Hall–Kier alpha value is -0.840. The molecular weight excluding hydrogens is 216 g/mol. The normalized spacial score (nSPS) is 26.3. The molecule has 1 aliphatic rings. The van der Waals surface area contributed by atoms with Gasteiger partial charge in [0.25, 0.3) is 0 Å². The van der Waals surface area contributed by atoms with Gasteiger partial charge >= 0.3 is 0 Å². The van der Waals surface area contributed by atoms with Crippen LogP contribution in [0.4, 0.5) is 0 Å². The largest absolute Gasteiger partial charge is 0.468 e. The fourth-order valence-electron chi connectivity index (χ4n) is 2.47. The molecule has 0 saturated carbocycles. The SMILES string of the molecule is CNCc1ccoc1CN1CC(C)OC(C)C1. The van der Waals surface area contributed by atoms with Crippen LogP contribution in [0.25, 0.3) is 0 Å². The van der Waals surface area contributed by atoms with Crippen molar-refractivity contribution in [2.75, 3.05) is 20.1 Å². The van der Waals surface area contributed by atoms with E-state index in [9.17, 15) is 0 Å². The Morgan fingerprint density at radius 1 is 1.35 bits per heavy atom. The molecule has 1 aromatic heterocycles. The molecule has 0 radical (unpaired) electrons. The van der Waals surface area contributed by atoms with Crippen LogP contribution >= 0.6 is 0 Å². The smallest absolute Gasteiger partial charge is 0.122 e. The first kappa shape index (κ1) is 12.6. The first-order chi connectivity index (χ1) is 8.19. The summed E-state index contributed by atoms with van der Waals surface area (Å²) in [4.78, 5) is 2.40. The van der Waals surface area contributed by atoms with Crippen LogP contribution in [0, 0.1) is 0 Å². The average Bonchev–Trinajstić information content (AvgIpc) is 2.65. The molecule has 0 amide bonds. The van der Waals surface area contributed by atoms with Crippen LogP contribution in [0.3, 0.4) is 0 Å². The summed E-state index contributed by atoms with van der Waals surface area (Å²) in [5.74, 6) is 1.07. The van der Waals surface area contributed by atoms with Crippen LogP contribution < -0.4 is 5.32 Å². The Morgan fingerprint density at radius 3 is 2.71 bits per heavy atom. The molecule has 0 aromatic carbocycles. The van der Waals surface area contributed by atoms with Crippen molar-refractivity contribution < 1.29 is 9.15 Å². The Kier molecular flexibility index (Phi) is 4.20. The van der Waals surface area contributed by atoms with E-state index in [4.69, 9.17) is 9.15 Å². The molecule has 1 saturated heterocycles. The van der Waals surface area contributed by atoms with Crippen molar-refractivity contribution in [2.45, 2.75) is 39.1 Å². The van der Waals surface area contributed by atoms with Gasteiger partial charge in [-0.05, 0) is 27.0 Å². The van der Waals surface area contributed by atoms with E-state index in [1.54, 1.807) is 6.26 Å². The lowest BCUT2D eigenvalue weighted by atomic mass is 10.2. The summed E-state index contributed by atoms with van der Waals surface area (Å²) in [6.07, 6.45) is 2.39. The van der Waals surface area contributed by atoms with Crippen LogP contribution in [0.1, 0.15) is 25.2 Å². The summed E-state index contributed by atoms with van der Waals surface area (Å²) in [7, 11) is 1.95. The number of morpholine rings is 1. The van der Waals surface area contributed by atoms with Gasteiger partial charge in [-0.3, -0.25) is 4.90 Å². The van der Waals surface area contributed by atoms with E-state index >= 15 is 0 Å². The molecule has 0 bridgehead atoms. The van der Waals surface area contributed by atoms with Crippen molar-refractivity contribution in [1.82, 2.24) is 10.2 Å². The first-order valence-corrected chi connectivity index (χ1v) is 6.26. The molecule has 0 aliphatic carbocycles. The van der Waals surface area contributed by atoms with Gasteiger partial charge in [0.1, 0.15) is 5.76 Å². The molecule has 1 N–H and O–H groups in total. The number of nitrogens with zero attached hydrogens (tertiary/aromatic N) is 1. The van der Waals surface area contributed by atoms with Crippen LogP contribution in [-0.2, 0) is 17.8 Å². The molecule has 2 rings (SSSR count). The van der Waals surface area contributed by atoms with Gasteiger partial charge in [-0.15, -0.1) is 0 Å². The van der Waals surface area contributed by atoms with E-state index < -0.39 is 0 Å². The van der Waals surface area contributed by atoms with Crippen molar-refractivity contribution in [1.29, 1.82) is 0 Å². The topological polar surface area (TPSA) is 37.6 Å². The van der Waals surface area contributed by atoms with Crippen molar-refractivity contribution in [2.24, 2.45) is 0 Å². The predicted molar refractivity (Wildman–Crippen MR) is 66.8 cm³/mol. The molecule has 96 valence electrons. The molecule has 1 fully saturated rings. The highest BCUT2D eigenvalue weighted by Gasteiger charge is 2.23. The summed E-state index contributed by atoms with van der Waals surface area (Å²) in [6, 6.07) is 2.04. The van der Waals surface area contributed by atoms with E-state index in [2.05, 4.69) is 24.1 Å². The maximum Gasteiger partial charge on any atom is 0.122 e. The van der Waals surface area contributed by atoms with Gasteiger partial charge < -0.3 is 14.5 Å². The molecule has 4 heteroatoms. The number of hydrogen-bond donors (Lipinski definition) is 1. The van der Waals surface area contributed by atoms with Gasteiger partial charge in [0.05, 0.1) is 25.0 Å². The van der Waals surface area contributed by atoms with E-state index in [0.717, 1.165) is 31.9 Å². The molecule has 2 atom stereocenters. The molecule has 0 spiro atoms. The summed E-state index contributed by atoms with van der Waals surface area (Å²) in [5, 5.41) is 3.16. The number of nitrogens with one attached hydrogen (secondary N) is 1. The molecule has 2 heterocycles. The second kappa shape index (κ2) is 5.67. The lowest BCUT2D eigenvalue weighted by Crippen LogP contribution is -2.44. The van der Waals surface area contributed by atoms with Crippen molar-refractivity contribution >= 4 is 0 Å². The van der Waals surface area contributed by atoms with E-state index in [1.807, 2.05) is 13.1 Å². The minimum absolute atomic E-state index is 0.307. The molecular formula is C13H22N2O2. The zero-order chi connectivity index (χ0) is 12.3. The molecule has 17 heavy (non-hydrogen) atoms. The van der Waals surface area contributed by atoms with Crippen LogP contribution in [-0.4, -0.2) is 37.2 Å². The fraction of sp³-hybridized carbons (Fsp3) is 0.692. The third kappa shape index (κ3) is 3.31. The first-order valence-electron chi connectivity index (χ1n) is 6.26. The number of ether oxygens (including phenoxy) is 1. The predicted octanol–water partition coefficient (Wildman–Crippen LogP) is 1.61. The average molecular weight is 238 g/mol. The maximum atomic E-state index is 5.73. The Labute approximate surface area is 103 Å². The van der Waals surface area contributed by atoms with Crippen molar-refractivity contribution in [3.63, 3.8) is 0 Å². The van der Waals surface area contributed by atoms with Crippen molar-refractivity contribution in [3.05, 3.63) is 23.7 Å². The third-order valence-electron chi connectivity index (χ3n) is 3.07.